The molecule has 3 heteroatoms. The van der Waals surface area contributed by atoms with Crippen LogP contribution in [0.3, 0.4) is 0 Å². The molecule has 0 spiro atoms. The minimum absolute atomic E-state index is 1.09. The molecule has 0 aliphatic heterocycles. The summed E-state index contributed by atoms with van der Waals surface area (Å²) in [4.78, 5) is 5.67. The number of hydrogen-bond acceptors (Lipinski definition) is 3. The van der Waals surface area contributed by atoms with E-state index < -0.39 is 0 Å². The van der Waals surface area contributed by atoms with Gasteiger partial charge in [0.1, 0.15) is 0 Å². The van der Waals surface area contributed by atoms with Crippen LogP contribution >= 0.6 is 11.3 Å². The van der Waals surface area contributed by atoms with E-state index in [0.717, 1.165) is 19.5 Å². The maximum absolute atomic E-state index is 4.25. The average Bonchev–Trinajstić information content (AvgIpc) is 2.63. The molecule has 0 amide bonds. The van der Waals surface area contributed by atoms with E-state index in [4.69, 9.17) is 0 Å². The fourth-order valence-corrected chi connectivity index (χ4v) is 2.35. The van der Waals surface area contributed by atoms with Crippen LogP contribution in [0.15, 0.2) is 5.51 Å². The molecule has 0 saturated heterocycles. The van der Waals surface area contributed by atoms with Gasteiger partial charge in [0, 0.05) is 11.4 Å². The Morgan fingerprint density at radius 3 is 2.80 bits per heavy atom. The second-order valence-electron chi connectivity index (χ2n) is 3.92. The molecule has 2 nitrogen and oxygen atoms in total. The maximum atomic E-state index is 4.25. The Morgan fingerprint density at radius 2 is 2.13 bits per heavy atom. The normalized spacial score (nSPS) is 10.8. The number of unbranched alkanes of at least 4 members (excludes halogenated alkanes) is 3. The van der Waals surface area contributed by atoms with E-state index in [2.05, 4.69) is 24.1 Å². The fraction of sp³-hybridized carbons (Fsp3) is 0.750. The molecule has 0 aliphatic rings. The smallest absolute Gasteiger partial charge is 0.0797 e. The van der Waals surface area contributed by atoms with E-state index >= 15 is 0 Å². The summed E-state index contributed by atoms with van der Waals surface area (Å²) in [5.41, 5.74) is 3.14. The number of nitrogens with one attached hydrogen (secondary N) is 1. The van der Waals surface area contributed by atoms with E-state index in [-0.39, 0.29) is 0 Å². The Labute approximate surface area is 97.1 Å². The minimum atomic E-state index is 1.09. The van der Waals surface area contributed by atoms with Crippen molar-refractivity contribution < 1.29 is 0 Å². The molecule has 0 radical (unpaired) electrons. The van der Waals surface area contributed by atoms with Crippen molar-refractivity contribution in [2.75, 3.05) is 13.1 Å². The molecule has 1 aromatic heterocycles. The van der Waals surface area contributed by atoms with Crippen LogP contribution in [0.4, 0.5) is 0 Å². The molecular formula is C12H22N2S. The molecule has 0 aliphatic carbocycles. The summed E-state index contributed by atoms with van der Waals surface area (Å²) in [6, 6.07) is 0. The number of hydrogen-bond donors (Lipinski definition) is 1. The summed E-state index contributed by atoms with van der Waals surface area (Å²) in [5, 5.41) is 3.49. The topological polar surface area (TPSA) is 24.9 Å². The van der Waals surface area contributed by atoms with E-state index in [1.165, 1.54) is 36.3 Å². The summed E-state index contributed by atoms with van der Waals surface area (Å²) >= 11 is 1.77. The van der Waals surface area contributed by atoms with Crippen LogP contribution in [0.1, 0.15) is 43.2 Å². The number of aromatic nitrogens is 1. The number of thiazole rings is 1. The number of aryl methyl sites for hydroxylation is 1. The molecule has 1 N–H and O–H groups in total. The first-order valence-electron chi connectivity index (χ1n) is 5.94. The van der Waals surface area contributed by atoms with Crippen molar-refractivity contribution in [2.24, 2.45) is 0 Å². The first-order valence-corrected chi connectivity index (χ1v) is 6.82. The first kappa shape index (κ1) is 12.7. The van der Waals surface area contributed by atoms with Crippen LogP contribution in [0, 0.1) is 6.92 Å². The summed E-state index contributed by atoms with van der Waals surface area (Å²) in [6.45, 7) is 6.60. The van der Waals surface area contributed by atoms with Crippen LogP contribution in [0.2, 0.25) is 0 Å². The molecule has 0 fully saturated rings. The second-order valence-corrected chi connectivity index (χ2v) is 4.86. The Balaban J connectivity index is 1.96. The molecular weight excluding hydrogens is 204 g/mol. The van der Waals surface area contributed by atoms with Crippen molar-refractivity contribution in [1.82, 2.24) is 10.3 Å². The van der Waals surface area contributed by atoms with Gasteiger partial charge < -0.3 is 5.32 Å². The molecule has 0 unspecified atom stereocenters. The Kier molecular flexibility index (Phi) is 6.60. The zero-order chi connectivity index (χ0) is 10.9. The molecule has 1 rings (SSSR count). The number of nitrogens with zero attached hydrogens (tertiary/aromatic N) is 1. The molecule has 86 valence electrons. The van der Waals surface area contributed by atoms with Gasteiger partial charge in [-0.2, -0.15) is 0 Å². The van der Waals surface area contributed by atoms with Crippen LogP contribution in [0.5, 0.6) is 0 Å². The molecule has 0 atom stereocenters. The van der Waals surface area contributed by atoms with Crippen molar-refractivity contribution in [3.8, 4) is 0 Å². The van der Waals surface area contributed by atoms with Crippen molar-refractivity contribution >= 4 is 11.3 Å². The molecule has 0 saturated carbocycles. The van der Waals surface area contributed by atoms with Gasteiger partial charge in [0.2, 0.25) is 0 Å². The Bertz CT molecular complexity index is 258. The zero-order valence-electron chi connectivity index (χ0n) is 9.88. The van der Waals surface area contributed by atoms with Gasteiger partial charge >= 0.3 is 0 Å². The average molecular weight is 226 g/mol. The van der Waals surface area contributed by atoms with E-state index in [1.807, 2.05) is 5.51 Å². The Hall–Kier alpha value is -0.410. The van der Waals surface area contributed by atoms with Gasteiger partial charge in [0.15, 0.2) is 0 Å². The van der Waals surface area contributed by atoms with Gasteiger partial charge in [-0.15, -0.1) is 11.3 Å². The minimum Gasteiger partial charge on any atom is -0.316 e. The highest BCUT2D eigenvalue weighted by molar-refractivity contribution is 7.09. The summed E-state index contributed by atoms with van der Waals surface area (Å²) < 4.78 is 0. The highest BCUT2D eigenvalue weighted by atomic mass is 32.1. The lowest BCUT2D eigenvalue weighted by molar-refractivity contribution is 0.599. The molecule has 1 aromatic rings. The Morgan fingerprint density at radius 1 is 1.27 bits per heavy atom. The van der Waals surface area contributed by atoms with Crippen LogP contribution in [-0.4, -0.2) is 18.1 Å². The third-order valence-electron chi connectivity index (χ3n) is 2.58. The molecule has 0 bridgehead atoms. The lowest BCUT2D eigenvalue weighted by Gasteiger charge is -2.03. The fourth-order valence-electron chi connectivity index (χ4n) is 1.57. The summed E-state index contributed by atoms with van der Waals surface area (Å²) in [7, 11) is 0. The first-order chi connectivity index (χ1) is 7.34. The maximum Gasteiger partial charge on any atom is 0.0797 e. The highest BCUT2D eigenvalue weighted by Crippen LogP contribution is 2.11. The van der Waals surface area contributed by atoms with Crippen LogP contribution in [-0.2, 0) is 6.42 Å². The zero-order valence-corrected chi connectivity index (χ0v) is 10.7. The monoisotopic (exact) mass is 226 g/mol. The predicted molar refractivity (Wildman–Crippen MR) is 67.6 cm³/mol. The third kappa shape index (κ3) is 5.28. The number of rotatable bonds is 8. The van der Waals surface area contributed by atoms with Gasteiger partial charge in [0.25, 0.3) is 0 Å². The van der Waals surface area contributed by atoms with Gasteiger partial charge in [-0.3, -0.25) is 0 Å². The van der Waals surface area contributed by atoms with E-state index in [9.17, 15) is 0 Å². The summed E-state index contributed by atoms with van der Waals surface area (Å²) in [6.07, 6.45) is 6.50. The highest BCUT2D eigenvalue weighted by Gasteiger charge is 1.99. The second kappa shape index (κ2) is 7.83. The molecule has 15 heavy (non-hydrogen) atoms. The van der Waals surface area contributed by atoms with Crippen molar-refractivity contribution in [2.45, 2.75) is 46.0 Å². The molecule has 0 aromatic carbocycles. The van der Waals surface area contributed by atoms with Gasteiger partial charge in [0.05, 0.1) is 11.2 Å². The quantitative estimate of drug-likeness (QED) is 0.689. The third-order valence-corrected chi connectivity index (χ3v) is 3.58. The lowest BCUT2D eigenvalue weighted by atomic mass is 10.2. The van der Waals surface area contributed by atoms with Crippen molar-refractivity contribution in [1.29, 1.82) is 0 Å². The van der Waals surface area contributed by atoms with Crippen molar-refractivity contribution in [3.63, 3.8) is 0 Å². The lowest BCUT2D eigenvalue weighted by Crippen LogP contribution is -2.18. The van der Waals surface area contributed by atoms with Gasteiger partial charge in [-0.25, -0.2) is 4.98 Å². The van der Waals surface area contributed by atoms with E-state index in [0.29, 0.717) is 0 Å². The SMILES string of the molecule is CCCCCCNCCc1scnc1C. The van der Waals surface area contributed by atoms with E-state index in [1.54, 1.807) is 11.3 Å². The van der Waals surface area contributed by atoms with Gasteiger partial charge in [-0.05, 0) is 26.3 Å². The van der Waals surface area contributed by atoms with Crippen LogP contribution in [0.25, 0.3) is 0 Å². The van der Waals surface area contributed by atoms with Crippen LogP contribution < -0.4 is 5.32 Å². The predicted octanol–water partition coefficient (Wildman–Crippen LogP) is 3.16. The van der Waals surface area contributed by atoms with Crippen molar-refractivity contribution in [3.05, 3.63) is 16.1 Å². The molecule has 1 heterocycles. The van der Waals surface area contributed by atoms with Gasteiger partial charge in [-0.1, -0.05) is 26.2 Å². The largest absolute Gasteiger partial charge is 0.316 e. The summed E-state index contributed by atoms with van der Waals surface area (Å²) in [5.74, 6) is 0. The standard InChI is InChI=1S/C12H22N2S/c1-3-4-5-6-8-13-9-7-12-11(2)14-10-15-12/h10,13H,3-9H2,1-2H3.